The van der Waals surface area contributed by atoms with Crippen molar-refractivity contribution in [1.29, 1.82) is 0 Å². The molecule has 1 aliphatic rings. The number of morpholine rings is 1. The number of fused-ring (bicyclic) bond motifs is 1. The molecule has 2 heterocycles. The Morgan fingerprint density at radius 1 is 1.09 bits per heavy atom. The first-order valence-electron chi connectivity index (χ1n) is 11.4. The smallest absolute Gasteiger partial charge is 0.247 e. The third-order valence-electron chi connectivity index (χ3n) is 5.85. The van der Waals surface area contributed by atoms with Crippen LogP contribution in [0.15, 0.2) is 79.4 Å². The summed E-state index contributed by atoms with van der Waals surface area (Å²) in [6.45, 7) is 5.90. The van der Waals surface area contributed by atoms with Crippen LogP contribution in [-0.2, 0) is 9.53 Å². The second kappa shape index (κ2) is 9.92. The van der Waals surface area contributed by atoms with Gasteiger partial charge in [-0.1, -0.05) is 43.0 Å². The summed E-state index contributed by atoms with van der Waals surface area (Å²) >= 11 is 0. The van der Waals surface area contributed by atoms with Crippen LogP contribution in [-0.4, -0.2) is 35.6 Å². The molecule has 1 aliphatic heterocycles. The summed E-state index contributed by atoms with van der Waals surface area (Å²) in [7, 11) is 0. The molecule has 1 saturated heterocycles. The lowest BCUT2D eigenvalue weighted by Gasteiger charge is -2.24. The number of hydrogen-bond donors (Lipinski definition) is 4. The first kappa shape index (κ1) is 22.5. The minimum atomic E-state index is -0.268. The van der Waals surface area contributed by atoms with Crippen molar-refractivity contribution in [2.45, 2.75) is 6.10 Å². The van der Waals surface area contributed by atoms with Crippen molar-refractivity contribution in [1.82, 2.24) is 15.3 Å². The summed E-state index contributed by atoms with van der Waals surface area (Å²) in [6.07, 6.45) is 1.29. The fraction of sp³-hybridized carbons (Fsp3) is 0.148. The number of rotatable bonds is 6. The predicted octanol–water partition coefficient (Wildman–Crippen LogP) is 4.41. The lowest BCUT2D eigenvalue weighted by Crippen LogP contribution is -2.33. The van der Waals surface area contributed by atoms with E-state index in [2.05, 4.69) is 27.5 Å². The zero-order valence-corrected chi connectivity index (χ0v) is 19.1. The average molecular weight is 467 g/mol. The van der Waals surface area contributed by atoms with Crippen LogP contribution in [0.5, 0.6) is 0 Å². The van der Waals surface area contributed by atoms with Crippen LogP contribution in [0, 0.1) is 0 Å². The number of hydrogen-bond acceptors (Lipinski definition) is 7. The number of ether oxygens (including phenoxy) is 1. The molecule has 0 aliphatic carbocycles. The fourth-order valence-corrected chi connectivity index (χ4v) is 4.11. The van der Waals surface area contributed by atoms with E-state index in [-0.39, 0.29) is 12.0 Å². The van der Waals surface area contributed by atoms with Gasteiger partial charge in [-0.2, -0.15) is 4.98 Å². The lowest BCUT2D eigenvalue weighted by atomic mass is 10.0. The molecule has 1 aromatic heterocycles. The van der Waals surface area contributed by atoms with Crippen LogP contribution in [0.1, 0.15) is 11.7 Å². The number of nitrogens with zero attached hydrogens (tertiary/aromatic N) is 2. The Balaban J connectivity index is 1.45. The molecule has 0 saturated carbocycles. The monoisotopic (exact) mass is 466 g/mol. The Morgan fingerprint density at radius 3 is 2.69 bits per heavy atom. The van der Waals surface area contributed by atoms with Gasteiger partial charge in [-0.15, -0.1) is 0 Å². The van der Waals surface area contributed by atoms with E-state index in [9.17, 15) is 4.79 Å². The van der Waals surface area contributed by atoms with Gasteiger partial charge < -0.3 is 26.4 Å². The fourth-order valence-electron chi connectivity index (χ4n) is 4.11. The molecular weight excluding hydrogens is 440 g/mol. The summed E-state index contributed by atoms with van der Waals surface area (Å²) in [4.78, 5) is 21.0. The molecule has 8 heteroatoms. The number of para-hydroxylation sites is 1. The van der Waals surface area contributed by atoms with Crippen LogP contribution < -0.4 is 21.7 Å². The predicted molar refractivity (Wildman–Crippen MR) is 140 cm³/mol. The summed E-state index contributed by atoms with van der Waals surface area (Å²) < 4.78 is 5.83. The molecule has 1 amide bonds. The average Bonchev–Trinajstić information content (AvgIpc) is 2.89. The number of carbonyl (C=O) groups is 1. The molecule has 176 valence electrons. The maximum atomic E-state index is 11.7. The van der Waals surface area contributed by atoms with E-state index in [0.29, 0.717) is 29.6 Å². The highest BCUT2D eigenvalue weighted by Crippen LogP contribution is 2.32. The molecule has 1 atom stereocenters. The highest BCUT2D eigenvalue weighted by molar-refractivity contribution is 6.01. The van der Waals surface area contributed by atoms with Gasteiger partial charge in [0, 0.05) is 35.4 Å². The van der Waals surface area contributed by atoms with E-state index >= 15 is 0 Å². The maximum Gasteiger partial charge on any atom is 0.247 e. The largest absolute Gasteiger partial charge is 0.383 e. The summed E-state index contributed by atoms with van der Waals surface area (Å²) in [5.74, 6) is 0.520. The quantitative estimate of drug-likeness (QED) is 0.311. The Morgan fingerprint density at radius 2 is 1.91 bits per heavy atom. The van der Waals surface area contributed by atoms with Crippen molar-refractivity contribution in [3.63, 3.8) is 0 Å². The van der Waals surface area contributed by atoms with Crippen molar-refractivity contribution in [3.05, 3.63) is 84.9 Å². The Bertz CT molecular complexity index is 1380. The number of carbonyl (C=O) groups excluding carboxylic acids is 1. The molecule has 8 nitrogen and oxygen atoms in total. The van der Waals surface area contributed by atoms with Crippen molar-refractivity contribution in [2.24, 2.45) is 0 Å². The molecule has 35 heavy (non-hydrogen) atoms. The van der Waals surface area contributed by atoms with Crippen molar-refractivity contribution in [2.75, 3.05) is 36.1 Å². The van der Waals surface area contributed by atoms with Gasteiger partial charge in [-0.05, 0) is 47.5 Å². The summed E-state index contributed by atoms with van der Waals surface area (Å²) in [6, 6.07) is 21.4. The van der Waals surface area contributed by atoms with Crippen LogP contribution >= 0.6 is 0 Å². The first-order chi connectivity index (χ1) is 17.1. The first-order valence-corrected chi connectivity index (χ1v) is 11.4. The molecule has 4 aromatic rings. The number of nitrogens with two attached hydrogens (primary N) is 1. The molecule has 3 aromatic carbocycles. The zero-order valence-electron chi connectivity index (χ0n) is 19.1. The second-order valence-electron chi connectivity index (χ2n) is 8.22. The van der Waals surface area contributed by atoms with E-state index < -0.39 is 0 Å². The third kappa shape index (κ3) is 4.98. The van der Waals surface area contributed by atoms with Gasteiger partial charge in [-0.3, -0.25) is 4.79 Å². The standard InChI is InChI=1S/C27H26N6O2/c1-2-24(34)30-20-6-3-5-18(15-20)21-7-4-8-22-25(21)32-27(33-26(22)28)31-19-11-9-17(10-12-19)23-16-29-13-14-35-23/h2-12,15,23,29H,1,13-14,16H2,(H,30,34)(H3,28,31,32,33). The van der Waals surface area contributed by atoms with E-state index in [1.165, 1.54) is 6.08 Å². The molecule has 0 spiro atoms. The SMILES string of the molecule is C=CC(=O)Nc1cccc(-c2cccc3c(N)nc(Nc4ccc(C5CNCCO5)cc4)nc23)c1. The Labute approximate surface area is 203 Å². The number of aromatic nitrogens is 2. The second-order valence-corrected chi connectivity index (χ2v) is 8.22. The zero-order chi connectivity index (χ0) is 24.2. The van der Waals surface area contributed by atoms with Crippen LogP contribution in [0.25, 0.3) is 22.0 Å². The van der Waals surface area contributed by atoms with E-state index in [0.717, 1.165) is 40.9 Å². The van der Waals surface area contributed by atoms with E-state index in [1.54, 1.807) is 0 Å². The molecule has 1 fully saturated rings. The van der Waals surface area contributed by atoms with Gasteiger partial charge in [0.2, 0.25) is 11.9 Å². The van der Waals surface area contributed by atoms with Gasteiger partial charge in [0.05, 0.1) is 18.2 Å². The van der Waals surface area contributed by atoms with Gasteiger partial charge in [0.1, 0.15) is 5.82 Å². The van der Waals surface area contributed by atoms with Crippen LogP contribution in [0.2, 0.25) is 0 Å². The van der Waals surface area contributed by atoms with Gasteiger partial charge in [-0.25, -0.2) is 4.98 Å². The van der Waals surface area contributed by atoms with Crippen molar-refractivity contribution < 1.29 is 9.53 Å². The summed E-state index contributed by atoms with van der Waals surface area (Å²) in [5, 5.41) is 10.2. The Kier molecular flexibility index (Phi) is 6.38. The maximum absolute atomic E-state index is 11.7. The van der Waals surface area contributed by atoms with Gasteiger partial charge in [0.25, 0.3) is 0 Å². The number of amides is 1. The number of nitrogens with one attached hydrogen (secondary N) is 3. The van der Waals surface area contributed by atoms with Crippen molar-refractivity contribution in [3.8, 4) is 11.1 Å². The summed E-state index contributed by atoms with van der Waals surface area (Å²) in [5.41, 5.74) is 11.4. The minimum Gasteiger partial charge on any atom is -0.383 e. The van der Waals surface area contributed by atoms with Gasteiger partial charge in [0.15, 0.2) is 0 Å². The highest BCUT2D eigenvalue weighted by atomic mass is 16.5. The molecule has 5 rings (SSSR count). The van der Waals surface area contributed by atoms with E-state index in [1.807, 2.05) is 66.7 Å². The Hall–Kier alpha value is -4.27. The molecule has 0 bridgehead atoms. The van der Waals surface area contributed by atoms with Crippen LogP contribution in [0.4, 0.5) is 23.1 Å². The topological polar surface area (TPSA) is 114 Å². The molecule has 5 N–H and O–H groups in total. The number of anilines is 4. The third-order valence-corrected chi connectivity index (χ3v) is 5.85. The highest BCUT2D eigenvalue weighted by Gasteiger charge is 2.16. The number of nitrogen functional groups attached to an aromatic ring is 1. The minimum absolute atomic E-state index is 0.0555. The van der Waals surface area contributed by atoms with Crippen molar-refractivity contribution >= 4 is 40.0 Å². The van der Waals surface area contributed by atoms with Crippen LogP contribution in [0.3, 0.4) is 0 Å². The molecular formula is C27H26N6O2. The van der Waals surface area contributed by atoms with E-state index in [4.69, 9.17) is 15.5 Å². The lowest BCUT2D eigenvalue weighted by molar-refractivity contribution is -0.111. The number of benzene rings is 3. The van der Waals surface area contributed by atoms with Gasteiger partial charge >= 0.3 is 0 Å². The molecule has 1 unspecified atom stereocenters. The molecule has 0 radical (unpaired) electrons. The normalized spacial score (nSPS) is 15.5.